The number of ether oxygens (including phenoxy) is 1. The first-order valence-corrected chi connectivity index (χ1v) is 32.6. The van der Waals surface area contributed by atoms with Crippen LogP contribution in [-0.4, -0.2) is 74.3 Å². The van der Waals surface area contributed by atoms with Crippen LogP contribution in [0.25, 0.3) is 0 Å². The zero-order valence-electron chi connectivity index (χ0n) is 50.0. The first-order chi connectivity index (χ1) is 36.9. The van der Waals surface area contributed by atoms with E-state index in [0.717, 1.165) is 116 Å². The van der Waals surface area contributed by atoms with E-state index in [1.807, 2.05) is 33.3 Å². The quantitative estimate of drug-likeness (QED) is 0.0205. The molecule has 0 saturated heterocycles. The molecule has 0 aliphatic heterocycles. The van der Waals surface area contributed by atoms with Gasteiger partial charge >= 0.3 is 13.8 Å². The average molecular weight is 1080 g/mol. The molecule has 438 valence electrons. The number of nitrogens with zero attached hydrogens (tertiary/aromatic N) is 1. The van der Waals surface area contributed by atoms with E-state index < -0.39 is 20.0 Å². The molecule has 0 aromatic heterocycles. The summed E-state index contributed by atoms with van der Waals surface area (Å²) in [7, 11) is 1.47. The maximum absolute atomic E-state index is 13.5. The fraction of sp³-hybridized carbons (Fsp3) is 0.727. The van der Waals surface area contributed by atoms with Crippen LogP contribution in [0, 0.1) is 0 Å². The second kappa shape index (κ2) is 55.3. The molecule has 76 heavy (non-hydrogen) atoms. The van der Waals surface area contributed by atoms with Crippen molar-refractivity contribution in [1.82, 2.24) is 5.32 Å². The lowest BCUT2D eigenvalue weighted by Gasteiger charge is -2.27. The van der Waals surface area contributed by atoms with Gasteiger partial charge in [0, 0.05) is 12.8 Å². The van der Waals surface area contributed by atoms with Crippen LogP contribution >= 0.6 is 7.82 Å². The molecule has 0 spiro atoms. The predicted octanol–water partition coefficient (Wildman–Crippen LogP) is 19.2. The number of carbonyl (C=O) groups excluding carboxylic acids is 2. The van der Waals surface area contributed by atoms with Crippen molar-refractivity contribution in [2.24, 2.45) is 0 Å². The van der Waals surface area contributed by atoms with Crippen LogP contribution in [0.3, 0.4) is 0 Å². The summed E-state index contributed by atoms with van der Waals surface area (Å²) < 4.78 is 30.7. The van der Waals surface area contributed by atoms with E-state index in [1.54, 1.807) is 0 Å². The Labute approximate surface area is 468 Å². The molecule has 9 nitrogen and oxygen atoms in total. The second-order valence-corrected chi connectivity index (χ2v) is 23.3. The monoisotopic (exact) mass is 1080 g/mol. The molecule has 0 rings (SSSR count). The molecule has 0 radical (unpaired) electrons. The lowest BCUT2D eigenvalue weighted by atomic mass is 10.0. The van der Waals surface area contributed by atoms with Gasteiger partial charge in [0.1, 0.15) is 19.3 Å². The fourth-order valence-corrected chi connectivity index (χ4v) is 9.20. The third-order valence-corrected chi connectivity index (χ3v) is 14.2. The van der Waals surface area contributed by atoms with Gasteiger partial charge < -0.3 is 19.4 Å². The number of nitrogens with one attached hydrogen (secondary N) is 1. The number of unbranched alkanes of at least 4 members (excludes halogenated alkanes) is 25. The van der Waals surface area contributed by atoms with E-state index in [2.05, 4.69) is 111 Å². The third kappa shape index (κ3) is 55.7. The van der Waals surface area contributed by atoms with Crippen LogP contribution in [0.1, 0.15) is 258 Å². The minimum absolute atomic E-state index is 0.0309. The Balaban J connectivity index is 5.30. The molecule has 3 atom stereocenters. The molecule has 0 saturated carbocycles. The molecule has 0 aromatic carbocycles. The van der Waals surface area contributed by atoms with Gasteiger partial charge in [0.2, 0.25) is 5.91 Å². The van der Waals surface area contributed by atoms with Gasteiger partial charge in [-0.1, -0.05) is 234 Å². The fourth-order valence-electron chi connectivity index (χ4n) is 8.47. The van der Waals surface area contributed by atoms with Gasteiger partial charge in [-0.25, -0.2) is 4.57 Å². The summed E-state index contributed by atoms with van der Waals surface area (Å²) in [5, 5.41) is 3.04. The average Bonchev–Trinajstić information content (AvgIpc) is 3.38. The summed E-state index contributed by atoms with van der Waals surface area (Å²) in [6.07, 6.45) is 74.0. The van der Waals surface area contributed by atoms with Crippen LogP contribution in [0.5, 0.6) is 0 Å². The molecular formula is C66H118N2O7P+. The Morgan fingerprint density at radius 2 is 0.842 bits per heavy atom. The smallest absolute Gasteiger partial charge is 0.456 e. The number of esters is 1. The Bertz CT molecular complexity index is 1620. The van der Waals surface area contributed by atoms with Crippen molar-refractivity contribution in [3.05, 3.63) is 97.2 Å². The number of rotatable bonds is 55. The van der Waals surface area contributed by atoms with E-state index in [4.69, 9.17) is 13.8 Å². The Morgan fingerprint density at radius 3 is 1.29 bits per heavy atom. The highest BCUT2D eigenvalue weighted by Crippen LogP contribution is 2.43. The van der Waals surface area contributed by atoms with Crippen LogP contribution in [-0.2, 0) is 27.9 Å². The minimum atomic E-state index is -4.46. The van der Waals surface area contributed by atoms with Crippen LogP contribution in [0.4, 0.5) is 0 Å². The molecule has 0 aliphatic carbocycles. The zero-order valence-corrected chi connectivity index (χ0v) is 50.9. The molecule has 2 N–H and O–H groups in total. The van der Waals surface area contributed by atoms with E-state index in [9.17, 15) is 19.0 Å². The molecule has 0 aliphatic rings. The Hall–Kier alpha value is -3.07. The van der Waals surface area contributed by atoms with Gasteiger partial charge in [0.05, 0.1) is 33.8 Å². The third-order valence-electron chi connectivity index (χ3n) is 13.3. The van der Waals surface area contributed by atoms with Crippen molar-refractivity contribution in [3.63, 3.8) is 0 Å². The highest BCUT2D eigenvalue weighted by molar-refractivity contribution is 7.47. The van der Waals surface area contributed by atoms with Crippen LogP contribution in [0.15, 0.2) is 97.2 Å². The second-order valence-electron chi connectivity index (χ2n) is 21.8. The molecule has 0 bridgehead atoms. The molecule has 0 fully saturated rings. The Kier molecular flexibility index (Phi) is 53.0. The Morgan fingerprint density at radius 1 is 0.474 bits per heavy atom. The molecule has 1 amide bonds. The topological polar surface area (TPSA) is 111 Å². The lowest BCUT2D eigenvalue weighted by molar-refractivity contribution is -0.870. The van der Waals surface area contributed by atoms with Crippen molar-refractivity contribution in [2.75, 3.05) is 40.9 Å². The summed E-state index contributed by atoms with van der Waals surface area (Å²) in [4.78, 5) is 37.7. The molecular weight excluding hydrogens is 964 g/mol. The number of quaternary nitrogens is 1. The van der Waals surface area contributed by atoms with Gasteiger partial charge in [-0.3, -0.25) is 18.6 Å². The maximum atomic E-state index is 13.5. The van der Waals surface area contributed by atoms with Crippen molar-refractivity contribution < 1.29 is 37.3 Å². The molecule has 0 aromatic rings. The highest BCUT2D eigenvalue weighted by atomic mass is 31.2. The first-order valence-electron chi connectivity index (χ1n) is 31.1. The van der Waals surface area contributed by atoms with Crippen LogP contribution in [0.2, 0.25) is 0 Å². The predicted molar refractivity (Wildman–Crippen MR) is 327 cm³/mol. The van der Waals surface area contributed by atoms with E-state index >= 15 is 0 Å². The first kappa shape index (κ1) is 72.9. The number of likely N-dealkylation sites (N-methyl/N-ethyl adjacent to an activating group) is 1. The van der Waals surface area contributed by atoms with Crippen LogP contribution < -0.4 is 5.32 Å². The standard InChI is InChI=1S/C66H117N2O7P/c1-7-10-13-16-19-22-25-28-30-31-32-33-34-35-36-37-39-41-44-47-50-53-56-59-66(70)75-64(57-54-51-48-45-42-27-24-21-18-15-12-9-3)63(62-74-76(71,72)73-61-60-68(4,5)6)67-65(69)58-55-52-49-46-43-40-38-29-26-23-20-17-14-11-8-2/h10,13,19,22-23,26,28,30,32-33,35-36,39,41,54,57,63-64H,7-9,11-12,14-18,20-21,24-25,27,29,31,34,37-38,40,42-53,55-56,58-62H2,1-6H3,(H-,67,69,71,72)/p+1/b13-10-,22-19-,26-23-,30-28-,33-32-,36-35-,41-39-,57-54-. The van der Waals surface area contributed by atoms with Gasteiger partial charge in [-0.2, -0.15) is 0 Å². The summed E-state index contributed by atoms with van der Waals surface area (Å²) >= 11 is 0. The number of phosphoric ester groups is 1. The lowest BCUT2D eigenvalue weighted by Crippen LogP contribution is -2.47. The van der Waals surface area contributed by atoms with E-state index in [-0.39, 0.29) is 31.5 Å². The maximum Gasteiger partial charge on any atom is 0.472 e. The van der Waals surface area contributed by atoms with Crippen molar-refractivity contribution >= 4 is 19.7 Å². The highest BCUT2D eigenvalue weighted by Gasteiger charge is 2.30. The normalized spacial score (nSPS) is 14.4. The van der Waals surface area contributed by atoms with E-state index in [0.29, 0.717) is 23.9 Å². The zero-order chi connectivity index (χ0) is 55.7. The van der Waals surface area contributed by atoms with E-state index in [1.165, 1.54) is 103 Å². The van der Waals surface area contributed by atoms with Gasteiger partial charge in [0.15, 0.2) is 0 Å². The number of allylic oxidation sites excluding steroid dienone is 15. The molecule has 10 heteroatoms. The molecule has 0 heterocycles. The number of amides is 1. The SMILES string of the molecule is CC/C=C\C/C=C\C/C=C\C/C=C\C/C=C\C/C=C\CCCCCCC(=O)OC(/C=C\CCCCCCCCCCCC)C(COP(=O)(O)OCC[N+](C)(C)C)NC(=O)CCCCCCCCC/C=C\CCCCCC. The van der Waals surface area contributed by atoms with Crippen molar-refractivity contribution in [1.29, 1.82) is 0 Å². The number of hydrogen-bond acceptors (Lipinski definition) is 6. The minimum Gasteiger partial charge on any atom is -0.456 e. The number of hydrogen-bond donors (Lipinski definition) is 2. The summed E-state index contributed by atoms with van der Waals surface area (Å²) in [5.41, 5.74) is 0. The largest absolute Gasteiger partial charge is 0.472 e. The van der Waals surface area contributed by atoms with Gasteiger partial charge in [0.25, 0.3) is 0 Å². The number of phosphoric acid groups is 1. The summed E-state index contributed by atoms with van der Waals surface area (Å²) in [6, 6.07) is -0.866. The summed E-state index contributed by atoms with van der Waals surface area (Å²) in [6.45, 7) is 6.86. The van der Waals surface area contributed by atoms with Crippen molar-refractivity contribution in [3.8, 4) is 0 Å². The summed E-state index contributed by atoms with van der Waals surface area (Å²) in [5.74, 6) is -0.542. The van der Waals surface area contributed by atoms with Crippen molar-refractivity contribution in [2.45, 2.75) is 270 Å². The number of carbonyl (C=O) groups is 2. The molecule has 3 unspecified atom stereocenters. The van der Waals surface area contributed by atoms with Gasteiger partial charge in [-0.05, 0) is 109 Å². The van der Waals surface area contributed by atoms with Gasteiger partial charge in [-0.15, -0.1) is 0 Å².